The van der Waals surface area contributed by atoms with Gasteiger partial charge >= 0.3 is 0 Å². The molecule has 8 heteroatoms. The summed E-state index contributed by atoms with van der Waals surface area (Å²) in [4.78, 5) is 14.5. The Kier molecular flexibility index (Phi) is 6.64. The zero-order valence-corrected chi connectivity index (χ0v) is 18.0. The van der Waals surface area contributed by atoms with Crippen LogP contribution in [0.1, 0.15) is 16.5 Å². The molecule has 1 amide bonds. The van der Waals surface area contributed by atoms with Crippen molar-refractivity contribution in [3.63, 3.8) is 0 Å². The van der Waals surface area contributed by atoms with E-state index in [-0.39, 0.29) is 11.3 Å². The molecule has 7 nitrogen and oxygen atoms in total. The standard InChI is InChI=1S/C21H25NO6S/c1-24-15-7-6-13(8-17(15)26-3)11-22-20(23)12-29-21(22)14-9-18(27-4)19(28-5)10-16(14)25-2/h6-10,21H,11-12H2,1-5H3. The third-order valence-corrected chi connectivity index (χ3v) is 6.01. The van der Waals surface area contributed by atoms with Crippen molar-refractivity contribution in [3.8, 4) is 28.7 Å². The van der Waals surface area contributed by atoms with Gasteiger partial charge in [0.25, 0.3) is 0 Å². The van der Waals surface area contributed by atoms with Gasteiger partial charge in [0.15, 0.2) is 23.0 Å². The number of carbonyl (C=O) groups is 1. The molecule has 29 heavy (non-hydrogen) atoms. The van der Waals surface area contributed by atoms with E-state index in [4.69, 9.17) is 23.7 Å². The lowest BCUT2D eigenvalue weighted by Crippen LogP contribution is -2.28. The van der Waals surface area contributed by atoms with E-state index in [1.807, 2.05) is 29.2 Å². The number of amides is 1. The maximum atomic E-state index is 12.7. The summed E-state index contributed by atoms with van der Waals surface area (Å²) in [5.41, 5.74) is 1.81. The monoisotopic (exact) mass is 419 g/mol. The smallest absolute Gasteiger partial charge is 0.234 e. The van der Waals surface area contributed by atoms with Crippen LogP contribution in [-0.2, 0) is 11.3 Å². The summed E-state index contributed by atoms with van der Waals surface area (Å²) in [6, 6.07) is 9.31. The first kappa shape index (κ1) is 21.0. The first-order chi connectivity index (χ1) is 14.1. The number of hydrogen-bond donors (Lipinski definition) is 0. The molecule has 0 spiro atoms. The molecule has 1 aliphatic rings. The third-order valence-electron chi connectivity index (χ3n) is 4.77. The number of ether oxygens (including phenoxy) is 5. The molecule has 1 unspecified atom stereocenters. The SMILES string of the molecule is COc1ccc(CN2C(=O)CSC2c2cc(OC)c(OC)cc2OC)cc1OC. The molecule has 0 aromatic heterocycles. The van der Waals surface area contributed by atoms with E-state index < -0.39 is 0 Å². The van der Waals surface area contributed by atoms with Crippen molar-refractivity contribution in [3.05, 3.63) is 41.5 Å². The Hall–Kier alpha value is -2.74. The second kappa shape index (κ2) is 9.17. The van der Waals surface area contributed by atoms with Crippen molar-refractivity contribution in [1.82, 2.24) is 4.90 Å². The van der Waals surface area contributed by atoms with Crippen molar-refractivity contribution in [2.24, 2.45) is 0 Å². The number of methoxy groups -OCH3 is 5. The van der Waals surface area contributed by atoms with Gasteiger partial charge < -0.3 is 28.6 Å². The quantitative estimate of drug-likeness (QED) is 0.649. The van der Waals surface area contributed by atoms with Crippen molar-refractivity contribution in [1.29, 1.82) is 0 Å². The van der Waals surface area contributed by atoms with E-state index in [1.165, 1.54) is 0 Å². The van der Waals surface area contributed by atoms with Crippen LogP contribution in [0.3, 0.4) is 0 Å². The van der Waals surface area contributed by atoms with Crippen LogP contribution in [0.15, 0.2) is 30.3 Å². The number of nitrogens with zero attached hydrogens (tertiary/aromatic N) is 1. The maximum absolute atomic E-state index is 12.7. The Morgan fingerprint density at radius 1 is 0.828 bits per heavy atom. The first-order valence-electron chi connectivity index (χ1n) is 8.98. The molecule has 3 rings (SSSR count). The van der Waals surface area contributed by atoms with Gasteiger partial charge in [0, 0.05) is 18.2 Å². The molecular weight excluding hydrogens is 394 g/mol. The molecule has 0 aliphatic carbocycles. The maximum Gasteiger partial charge on any atom is 0.234 e. The van der Waals surface area contributed by atoms with Gasteiger partial charge in [0.05, 0.1) is 41.3 Å². The van der Waals surface area contributed by atoms with Gasteiger partial charge in [-0.1, -0.05) is 6.07 Å². The summed E-state index contributed by atoms with van der Waals surface area (Å²) < 4.78 is 27.1. The molecule has 1 saturated heterocycles. The highest BCUT2D eigenvalue weighted by Gasteiger charge is 2.35. The van der Waals surface area contributed by atoms with E-state index in [9.17, 15) is 4.79 Å². The van der Waals surface area contributed by atoms with E-state index in [0.717, 1.165) is 11.1 Å². The predicted octanol–water partition coefficient (Wildman–Crippen LogP) is 3.50. The summed E-state index contributed by atoms with van der Waals surface area (Å²) in [6.45, 7) is 0.439. The lowest BCUT2D eigenvalue weighted by molar-refractivity contribution is -0.128. The molecule has 1 aliphatic heterocycles. The summed E-state index contributed by atoms with van der Waals surface area (Å²) in [5.74, 6) is 3.55. The van der Waals surface area contributed by atoms with Crippen LogP contribution in [0.25, 0.3) is 0 Å². The number of hydrogen-bond acceptors (Lipinski definition) is 7. The van der Waals surface area contributed by atoms with Gasteiger partial charge in [-0.2, -0.15) is 0 Å². The van der Waals surface area contributed by atoms with E-state index >= 15 is 0 Å². The largest absolute Gasteiger partial charge is 0.496 e. The molecule has 1 fully saturated rings. The lowest BCUT2D eigenvalue weighted by atomic mass is 10.1. The van der Waals surface area contributed by atoms with Crippen molar-refractivity contribution in [2.45, 2.75) is 11.9 Å². The van der Waals surface area contributed by atoms with Gasteiger partial charge in [-0.15, -0.1) is 11.8 Å². The fourth-order valence-electron chi connectivity index (χ4n) is 3.30. The second-order valence-electron chi connectivity index (χ2n) is 6.32. The number of carbonyl (C=O) groups excluding carboxylic acids is 1. The number of benzene rings is 2. The van der Waals surface area contributed by atoms with Crippen LogP contribution in [0.2, 0.25) is 0 Å². The molecule has 156 valence electrons. The molecule has 1 atom stereocenters. The van der Waals surface area contributed by atoms with Crippen molar-refractivity contribution < 1.29 is 28.5 Å². The van der Waals surface area contributed by atoms with Gasteiger partial charge in [-0.3, -0.25) is 4.79 Å². The zero-order chi connectivity index (χ0) is 21.0. The predicted molar refractivity (Wildman–Crippen MR) is 111 cm³/mol. The number of rotatable bonds is 8. The number of thioether (sulfide) groups is 1. The average molecular weight is 419 g/mol. The Bertz CT molecular complexity index is 888. The van der Waals surface area contributed by atoms with Crippen LogP contribution in [0, 0.1) is 0 Å². The second-order valence-corrected chi connectivity index (χ2v) is 7.39. The topological polar surface area (TPSA) is 66.5 Å². The Labute approximate surface area is 174 Å². The third kappa shape index (κ3) is 4.17. The Morgan fingerprint density at radius 2 is 1.41 bits per heavy atom. The fourth-order valence-corrected chi connectivity index (χ4v) is 4.51. The van der Waals surface area contributed by atoms with Crippen molar-refractivity contribution in [2.75, 3.05) is 41.3 Å². The Balaban J connectivity index is 1.95. The summed E-state index contributed by atoms with van der Waals surface area (Å²) in [5, 5.41) is -0.203. The van der Waals surface area contributed by atoms with Crippen LogP contribution in [-0.4, -0.2) is 52.1 Å². The van der Waals surface area contributed by atoms with Crippen LogP contribution >= 0.6 is 11.8 Å². The molecule has 0 N–H and O–H groups in total. The molecule has 1 heterocycles. The van der Waals surface area contributed by atoms with E-state index in [2.05, 4.69) is 0 Å². The van der Waals surface area contributed by atoms with E-state index in [1.54, 1.807) is 53.4 Å². The average Bonchev–Trinajstić information content (AvgIpc) is 3.12. The zero-order valence-electron chi connectivity index (χ0n) is 17.2. The van der Waals surface area contributed by atoms with Gasteiger partial charge in [-0.05, 0) is 23.8 Å². The van der Waals surface area contributed by atoms with Crippen LogP contribution in [0.4, 0.5) is 0 Å². The Morgan fingerprint density at radius 3 is 2.03 bits per heavy atom. The minimum absolute atomic E-state index is 0.0617. The van der Waals surface area contributed by atoms with E-state index in [0.29, 0.717) is 41.0 Å². The highest BCUT2D eigenvalue weighted by molar-refractivity contribution is 8.00. The normalized spacial score (nSPS) is 16.0. The molecule has 2 aromatic rings. The van der Waals surface area contributed by atoms with Crippen LogP contribution < -0.4 is 23.7 Å². The summed E-state index contributed by atoms with van der Waals surface area (Å²) >= 11 is 1.55. The van der Waals surface area contributed by atoms with Crippen LogP contribution in [0.5, 0.6) is 28.7 Å². The molecule has 0 saturated carbocycles. The molecular formula is C21H25NO6S. The molecule has 2 aromatic carbocycles. The first-order valence-corrected chi connectivity index (χ1v) is 10.0. The minimum Gasteiger partial charge on any atom is -0.496 e. The molecule has 0 radical (unpaired) electrons. The van der Waals surface area contributed by atoms with Gasteiger partial charge in [-0.25, -0.2) is 0 Å². The highest BCUT2D eigenvalue weighted by Crippen LogP contribution is 2.47. The fraction of sp³-hybridized carbons (Fsp3) is 0.381. The minimum atomic E-state index is -0.203. The van der Waals surface area contributed by atoms with Gasteiger partial charge in [0.1, 0.15) is 11.1 Å². The lowest BCUT2D eigenvalue weighted by Gasteiger charge is -2.26. The highest BCUT2D eigenvalue weighted by atomic mass is 32.2. The molecule has 0 bridgehead atoms. The van der Waals surface area contributed by atoms with Crippen molar-refractivity contribution >= 4 is 17.7 Å². The summed E-state index contributed by atoms with van der Waals surface area (Å²) in [6.07, 6.45) is 0. The van der Waals surface area contributed by atoms with Gasteiger partial charge in [0.2, 0.25) is 5.91 Å². The summed E-state index contributed by atoms with van der Waals surface area (Å²) in [7, 11) is 7.95.